The van der Waals surface area contributed by atoms with Crippen molar-refractivity contribution in [1.82, 2.24) is 20.9 Å². The third kappa shape index (κ3) is 8.21. The first kappa shape index (κ1) is 33.5. The fourth-order valence-electron chi connectivity index (χ4n) is 6.15. The number of carbonyl (C=O) groups is 5. The highest BCUT2D eigenvalue weighted by Gasteiger charge is 2.42. The molecule has 1 saturated carbocycles. The van der Waals surface area contributed by atoms with Crippen LogP contribution in [0.2, 0.25) is 0 Å². The Hall–Kier alpha value is -4.40. The van der Waals surface area contributed by atoms with Crippen LogP contribution in [0.1, 0.15) is 82.1 Å². The molecule has 0 unspecified atom stereocenters. The van der Waals surface area contributed by atoms with E-state index >= 15 is 0 Å². The van der Waals surface area contributed by atoms with Crippen LogP contribution in [0, 0.1) is 28.6 Å². The molecule has 3 amide bonds. The molecule has 0 radical (unpaired) electrons. The Morgan fingerprint density at radius 1 is 1.09 bits per heavy atom. The van der Waals surface area contributed by atoms with Crippen LogP contribution in [0.3, 0.4) is 0 Å². The van der Waals surface area contributed by atoms with Crippen LogP contribution in [0.25, 0.3) is 10.9 Å². The van der Waals surface area contributed by atoms with E-state index < -0.39 is 53.6 Å². The summed E-state index contributed by atoms with van der Waals surface area (Å²) >= 11 is 0. The van der Waals surface area contributed by atoms with E-state index in [0.717, 1.165) is 25.7 Å². The Kier molecular flexibility index (Phi) is 11.2. The maximum atomic E-state index is 13.7. The second-order valence-electron chi connectivity index (χ2n) is 12.5. The van der Waals surface area contributed by atoms with Gasteiger partial charge in [-0.3, -0.25) is 24.0 Å². The van der Waals surface area contributed by atoms with Crippen LogP contribution in [0.15, 0.2) is 24.3 Å². The Balaban J connectivity index is 1.49. The monoisotopic (exact) mass is 621 g/mol. The highest BCUT2D eigenvalue weighted by Crippen LogP contribution is 2.37. The van der Waals surface area contributed by atoms with Gasteiger partial charge in [0.05, 0.1) is 19.2 Å². The van der Waals surface area contributed by atoms with Crippen LogP contribution in [-0.4, -0.2) is 66.8 Å². The number of hydrogen-bond donors (Lipinski definition) is 4. The standard InChI is InChI=1S/C33H43N5O7/c1-20(2)15-25(38-31(42)26-17-22-23(36-26)10-7-11-28(22)44-3)30(41)37-24(16-21-9-8-14-35-29(21)40)27(39)18-45-32(43)33(19-34)12-5-4-6-13-33/h7,10-11,17,20-21,24-25,36H,4-6,8-9,12-16,18H2,1-3H3,(H,35,40)(H,37,41)(H,38,42)/t21-,24-,25-/m0/s1. The number of Topliss-reactive ketones (excluding diaryl/α,β-unsaturated/α-hetero) is 1. The largest absolute Gasteiger partial charge is 0.496 e. The number of ketones is 1. The molecule has 0 spiro atoms. The molecular formula is C33H43N5O7. The van der Waals surface area contributed by atoms with Gasteiger partial charge in [-0.1, -0.05) is 39.2 Å². The molecule has 1 aromatic heterocycles. The molecule has 4 N–H and O–H groups in total. The molecule has 242 valence electrons. The van der Waals surface area contributed by atoms with Crippen molar-refractivity contribution >= 4 is 40.4 Å². The summed E-state index contributed by atoms with van der Waals surface area (Å²) < 4.78 is 10.8. The maximum absolute atomic E-state index is 13.7. The molecule has 12 nitrogen and oxygen atoms in total. The first-order valence-electron chi connectivity index (χ1n) is 15.7. The predicted molar refractivity (Wildman–Crippen MR) is 165 cm³/mol. The number of esters is 1. The van der Waals surface area contributed by atoms with E-state index in [2.05, 4.69) is 27.0 Å². The van der Waals surface area contributed by atoms with Gasteiger partial charge in [-0.25, -0.2) is 0 Å². The van der Waals surface area contributed by atoms with Crippen molar-refractivity contribution in [2.45, 2.75) is 83.7 Å². The second kappa shape index (κ2) is 15.1. The van der Waals surface area contributed by atoms with Gasteiger partial charge in [0.2, 0.25) is 11.8 Å². The van der Waals surface area contributed by atoms with E-state index in [1.54, 1.807) is 18.2 Å². The Labute approximate surface area is 263 Å². The van der Waals surface area contributed by atoms with Gasteiger partial charge in [0, 0.05) is 23.4 Å². The summed E-state index contributed by atoms with van der Waals surface area (Å²) in [6.07, 6.45) is 4.69. The number of H-pyrrole nitrogens is 1. The minimum absolute atomic E-state index is 0.0146. The SMILES string of the molecule is COc1cccc2[nH]c(C(=O)N[C@@H](CC(C)C)C(=O)N[C@@H](C[C@@H]3CCCNC3=O)C(=O)COC(=O)C3(C#N)CCCCC3)cc12. The average Bonchev–Trinajstić information content (AvgIpc) is 3.49. The molecule has 3 atom stereocenters. The lowest BCUT2D eigenvalue weighted by Crippen LogP contribution is -2.54. The van der Waals surface area contributed by atoms with E-state index in [1.165, 1.54) is 7.11 Å². The number of ether oxygens (including phenoxy) is 2. The molecule has 0 bridgehead atoms. The third-order valence-corrected chi connectivity index (χ3v) is 8.70. The first-order valence-corrected chi connectivity index (χ1v) is 15.7. The van der Waals surface area contributed by atoms with Gasteiger partial charge in [0.15, 0.2) is 17.8 Å². The van der Waals surface area contributed by atoms with Crippen molar-refractivity contribution in [1.29, 1.82) is 5.26 Å². The highest BCUT2D eigenvalue weighted by atomic mass is 16.5. The summed E-state index contributed by atoms with van der Waals surface area (Å²) in [5.74, 6) is -2.55. The Morgan fingerprint density at radius 2 is 1.84 bits per heavy atom. The van der Waals surface area contributed by atoms with E-state index in [0.29, 0.717) is 42.5 Å². The lowest BCUT2D eigenvalue weighted by molar-refractivity contribution is -0.157. The lowest BCUT2D eigenvalue weighted by Gasteiger charge is -2.29. The zero-order valence-electron chi connectivity index (χ0n) is 26.2. The molecule has 2 fully saturated rings. The summed E-state index contributed by atoms with van der Waals surface area (Å²) in [6.45, 7) is 3.71. The number of benzene rings is 1. The fourth-order valence-corrected chi connectivity index (χ4v) is 6.15. The number of aromatic nitrogens is 1. The lowest BCUT2D eigenvalue weighted by atomic mass is 9.75. The van der Waals surface area contributed by atoms with Crippen LogP contribution < -0.4 is 20.7 Å². The van der Waals surface area contributed by atoms with Crippen molar-refractivity contribution in [3.05, 3.63) is 30.0 Å². The Bertz CT molecular complexity index is 1450. The number of fused-ring (bicyclic) bond motifs is 1. The minimum Gasteiger partial charge on any atom is -0.496 e. The summed E-state index contributed by atoms with van der Waals surface area (Å²) in [4.78, 5) is 69.0. The molecule has 1 saturated heterocycles. The van der Waals surface area contributed by atoms with Gasteiger partial charge in [0.25, 0.3) is 5.91 Å². The smallest absolute Gasteiger partial charge is 0.326 e. The average molecular weight is 622 g/mol. The van der Waals surface area contributed by atoms with Crippen molar-refractivity contribution < 1.29 is 33.4 Å². The zero-order chi connectivity index (χ0) is 32.6. The van der Waals surface area contributed by atoms with Crippen molar-refractivity contribution in [2.75, 3.05) is 20.3 Å². The number of rotatable bonds is 13. The molecule has 4 rings (SSSR count). The predicted octanol–water partition coefficient (Wildman–Crippen LogP) is 3.31. The quantitative estimate of drug-likeness (QED) is 0.246. The van der Waals surface area contributed by atoms with Crippen LogP contribution in [0.4, 0.5) is 0 Å². The zero-order valence-corrected chi connectivity index (χ0v) is 26.2. The molecule has 12 heteroatoms. The summed E-state index contributed by atoms with van der Waals surface area (Å²) in [5.41, 5.74) is -0.342. The number of hydrogen-bond acceptors (Lipinski definition) is 8. The van der Waals surface area contributed by atoms with E-state index in [9.17, 15) is 29.2 Å². The summed E-state index contributed by atoms with van der Waals surface area (Å²) in [7, 11) is 1.54. The number of amides is 3. The number of nitrogens with zero attached hydrogens (tertiary/aromatic N) is 1. The number of methoxy groups -OCH3 is 1. The van der Waals surface area contributed by atoms with Crippen molar-refractivity contribution in [3.63, 3.8) is 0 Å². The van der Waals surface area contributed by atoms with E-state index in [1.807, 2.05) is 19.9 Å². The molecule has 2 aliphatic rings. The van der Waals surface area contributed by atoms with Gasteiger partial charge in [0.1, 0.15) is 17.5 Å². The van der Waals surface area contributed by atoms with Gasteiger partial charge < -0.3 is 30.4 Å². The van der Waals surface area contributed by atoms with Gasteiger partial charge in [-0.15, -0.1) is 0 Å². The Morgan fingerprint density at radius 3 is 2.51 bits per heavy atom. The number of carbonyl (C=O) groups excluding carboxylic acids is 5. The topological polar surface area (TPSA) is 179 Å². The van der Waals surface area contributed by atoms with Crippen LogP contribution in [0.5, 0.6) is 5.75 Å². The van der Waals surface area contributed by atoms with Gasteiger partial charge in [-0.2, -0.15) is 5.26 Å². The number of nitrogens with one attached hydrogen (secondary N) is 4. The minimum atomic E-state index is -1.28. The third-order valence-electron chi connectivity index (χ3n) is 8.70. The van der Waals surface area contributed by atoms with Gasteiger partial charge >= 0.3 is 5.97 Å². The molecule has 2 aromatic rings. The second-order valence-corrected chi connectivity index (χ2v) is 12.5. The van der Waals surface area contributed by atoms with Gasteiger partial charge in [-0.05, 0) is 62.6 Å². The van der Waals surface area contributed by atoms with E-state index in [4.69, 9.17) is 9.47 Å². The first-order chi connectivity index (χ1) is 21.6. The fraction of sp³-hybridized carbons (Fsp3) is 0.576. The summed E-state index contributed by atoms with van der Waals surface area (Å²) in [5, 5.41) is 18.8. The van der Waals surface area contributed by atoms with Crippen molar-refractivity contribution in [2.24, 2.45) is 17.3 Å². The molecule has 1 aliphatic carbocycles. The number of nitriles is 1. The molecule has 45 heavy (non-hydrogen) atoms. The number of aromatic amines is 1. The van der Waals surface area contributed by atoms with Crippen LogP contribution >= 0.6 is 0 Å². The molecule has 1 aromatic carbocycles. The maximum Gasteiger partial charge on any atom is 0.326 e. The number of piperidine rings is 1. The molecule has 2 heterocycles. The van der Waals surface area contributed by atoms with Crippen molar-refractivity contribution in [3.8, 4) is 11.8 Å². The molecule has 1 aliphatic heterocycles. The highest BCUT2D eigenvalue weighted by molar-refractivity contribution is 6.02. The summed E-state index contributed by atoms with van der Waals surface area (Å²) in [6, 6.07) is 6.99. The van der Waals surface area contributed by atoms with E-state index in [-0.39, 0.29) is 30.4 Å². The molecular weight excluding hydrogens is 578 g/mol. The van der Waals surface area contributed by atoms with Crippen LogP contribution in [-0.2, 0) is 23.9 Å². The normalized spacial score (nSPS) is 19.1.